The Labute approximate surface area is 122 Å². The highest BCUT2D eigenvalue weighted by molar-refractivity contribution is 6.06. The van der Waals surface area contributed by atoms with Crippen molar-refractivity contribution in [2.75, 3.05) is 11.4 Å². The molecule has 2 aromatic carbocycles. The van der Waals surface area contributed by atoms with Crippen molar-refractivity contribution in [2.24, 2.45) is 5.73 Å². The minimum absolute atomic E-state index is 0.0574. The number of anilines is 1. The molecule has 2 N–H and O–H groups in total. The molecule has 0 fully saturated rings. The third-order valence-corrected chi connectivity index (χ3v) is 2.99. The van der Waals surface area contributed by atoms with Gasteiger partial charge >= 0.3 is 0 Å². The van der Waals surface area contributed by atoms with Crippen molar-refractivity contribution in [3.8, 4) is 0 Å². The highest BCUT2D eigenvalue weighted by atomic mass is 19.1. The van der Waals surface area contributed by atoms with Crippen LogP contribution < -0.4 is 10.6 Å². The van der Waals surface area contributed by atoms with Gasteiger partial charge in [0.25, 0.3) is 5.91 Å². The molecule has 0 aliphatic heterocycles. The van der Waals surface area contributed by atoms with E-state index in [0.29, 0.717) is 11.3 Å². The number of benzene rings is 2. The number of hydrogen-bond donors (Lipinski definition) is 1. The van der Waals surface area contributed by atoms with Gasteiger partial charge in [0, 0.05) is 24.2 Å². The van der Waals surface area contributed by atoms with Crippen LogP contribution in [0, 0.1) is 5.82 Å². The highest BCUT2D eigenvalue weighted by Gasteiger charge is 2.18. The lowest BCUT2D eigenvalue weighted by atomic mass is 10.1. The van der Waals surface area contributed by atoms with E-state index < -0.39 is 11.7 Å². The molecule has 5 heteroatoms. The number of amides is 2. The maximum Gasteiger partial charge on any atom is 0.258 e. The second kappa shape index (κ2) is 6.65. The first kappa shape index (κ1) is 14.7. The zero-order valence-corrected chi connectivity index (χ0v) is 11.3. The molecule has 0 aromatic heterocycles. The number of carbonyl (C=O) groups excluding carboxylic acids is 2. The van der Waals surface area contributed by atoms with Crippen molar-refractivity contribution in [2.45, 2.75) is 6.42 Å². The molecule has 4 nitrogen and oxygen atoms in total. The zero-order chi connectivity index (χ0) is 15.2. The van der Waals surface area contributed by atoms with E-state index in [-0.39, 0.29) is 18.9 Å². The topological polar surface area (TPSA) is 63.4 Å². The van der Waals surface area contributed by atoms with Crippen molar-refractivity contribution in [1.82, 2.24) is 0 Å². The lowest BCUT2D eigenvalue weighted by Crippen LogP contribution is -2.34. The largest absolute Gasteiger partial charge is 0.370 e. The first-order valence-electron chi connectivity index (χ1n) is 6.48. The molecule has 0 saturated carbocycles. The summed E-state index contributed by atoms with van der Waals surface area (Å²) in [6.07, 6.45) is 0.0574. The molecule has 0 atom stereocenters. The molecule has 0 spiro atoms. The second-order valence-electron chi connectivity index (χ2n) is 4.52. The standard InChI is InChI=1S/C16H15FN2O2/c17-13-8-6-12(7-9-13)16(21)19(11-10-15(18)20)14-4-2-1-3-5-14/h1-9H,10-11H2,(H2,18,20). The summed E-state index contributed by atoms with van der Waals surface area (Å²) in [4.78, 5) is 25.0. The Hall–Kier alpha value is -2.69. The summed E-state index contributed by atoms with van der Waals surface area (Å²) in [7, 11) is 0. The Bertz CT molecular complexity index is 626. The summed E-state index contributed by atoms with van der Waals surface area (Å²) < 4.78 is 12.9. The maximum absolute atomic E-state index is 12.9. The third-order valence-electron chi connectivity index (χ3n) is 2.99. The number of carbonyl (C=O) groups is 2. The van der Waals surface area contributed by atoms with Gasteiger partial charge in [0.05, 0.1) is 0 Å². The number of para-hydroxylation sites is 1. The quantitative estimate of drug-likeness (QED) is 0.917. The van der Waals surface area contributed by atoms with Crippen LogP contribution in [0.2, 0.25) is 0 Å². The minimum atomic E-state index is -0.483. The summed E-state index contributed by atoms with van der Waals surface area (Å²) >= 11 is 0. The number of rotatable bonds is 5. The van der Waals surface area contributed by atoms with Gasteiger partial charge in [0.1, 0.15) is 5.82 Å². The van der Waals surface area contributed by atoms with E-state index in [2.05, 4.69) is 0 Å². The Morgan fingerprint density at radius 1 is 1.00 bits per heavy atom. The third kappa shape index (κ3) is 3.89. The summed E-state index contributed by atoms with van der Waals surface area (Å²) in [5, 5.41) is 0. The molecular formula is C16H15FN2O2. The van der Waals surface area contributed by atoms with Crippen LogP contribution in [0.4, 0.5) is 10.1 Å². The minimum Gasteiger partial charge on any atom is -0.370 e. The van der Waals surface area contributed by atoms with Crippen molar-refractivity contribution in [3.05, 3.63) is 66.0 Å². The van der Waals surface area contributed by atoms with Crippen LogP contribution >= 0.6 is 0 Å². The molecule has 0 aliphatic rings. The predicted octanol–water partition coefficient (Wildman–Crippen LogP) is 2.35. The van der Waals surface area contributed by atoms with Crippen LogP contribution in [0.3, 0.4) is 0 Å². The molecule has 0 bridgehead atoms. The van der Waals surface area contributed by atoms with E-state index in [9.17, 15) is 14.0 Å². The Kier molecular flexibility index (Phi) is 4.66. The van der Waals surface area contributed by atoms with Crippen LogP contribution in [0.5, 0.6) is 0 Å². The fourth-order valence-corrected chi connectivity index (χ4v) is 1.93. The Morgan fingerprint density at radius 2 is 1.62 bits per heavy atom. The molecule has 2 amide bonds. The van der Waals surface area contributed by atoms with Gasteiger partial charge in [-0.05, 0) is 36.4 Å². The molecule has 0 radical (unpaired) electrons. The lowest BCUT2D eigenvalue weighted by Gasteiger charge is -2.22. The van der Waals surface area contributed by atoms with E-state index in [0.717, 1.165) is 0 Å². The van der Waals surface area contributed by atoms with Gasteiger partial charge < -0.3 is 10.6 Å². The van der Waals surface area contributed by atoms with Gasteiger partial charge in [-0.25, -0.2) is 4.39 Å². The average molecular weight is 286 g/mol. The van der Waals surface area contributed by atoms with Gasteiger partial charge in [-0.2, -0.15) is 0 Å². The molecule has 108 valence electrons. The Balaban J connectivity index is 2.28. The van der Waals surface area contributed by atoms with E-state index in [4.69, 9.17) is 5.73 Å². The lowest BCUT2D eigenvalue weighted by molar-refractivity contribution is -0.117. The molecule has 0 aliphatic carbocycles. The van der Waals surface area contributed by atoms with E-state index in [1.807, 2.05) is 6.07 Å². The molecule has 0 saturated heterocycles. The molecule has 0 unspecified atom stereocenters. The fourth-order valence-electron chi connectivity index (χ4n) is 1.93. The first-order chi connectivity index (χ1) is 10.1. The smallest absolute Gasteiger partial charge is 0.258 e. The van der Waals surface area contributed by atoms with Gasteiger partial charge in [-0.15, -0.1) is 0 Å². The zero-order valence-electron chi connectivity index (χ0n) is 11.3. The monoisotopic (exact) mass is 286 g/mol. The van der Waals surface area contributed by atoms with Gasteiger partial charge in [0.15, 0.2) is 0 Å². The number of primary amides is 1. The fraction of sp³-hybridized carbons (Fsp3) is 0.125. The van der Waals surface area contributed by atoms with Crippen LogP contribution in [0.25, 0.3) is 0 Å². The Morgan fingerprint density at radius 3 is 2.19 bits per heavy atom. The normalized spacial score (nSPS) is 10.1. The van der Waals surface area contributed by atoms with Crippen LogP contribution in [-0.2, 0) is 4.79 Å². The van der Waals surface area contributed by atoms with E-state index >= 15 is 0 Å². The first-order valence-corrected chi connectivity index (χ1v) is 6.48. The number of nitrogens with zero attached hydrogens (tertiary/aromatic N) is 1. The number of halogens is 1. The van der Waals surface area contributed by atoms with Crippen LogP contribution in [-0.4, -0.2) is 18.4 Å². The van der Waals surface area contributed by atoms with Gasteiger partial charge in [-0.3, -0.25) is 9.59 Å². The summed E-state index contributed by atoms with van der Waals surface area (Å²) in [5.74, 6) is -1.19. The molecule has 21 heavy (non-hydrogen) atoms. The van der Waals surface area contributed by atoms with E-state index in [1.54, 1.807) is 24.3 Å². The molecular weight excluding hydrogens is 271 g/mol. The highest BCUT2D eigenvalue weighted by Crippen LogP contribution is 2.17. The predicted molar refractivity (Wildman–Crippen MR) is 78.3 cm³/mol. The van der Waals surface area contributed by atoms with Crippen molar-refractivity contribution in [1.29, 1.82) is 0 Å². The van der Waals surface area contributed by atoms with Crippen LogP contribution in [0.1, 0.15) is 16.8 Å². The number of hydrogen-bond acceptors (Lipinski definition) is 2. The van der Waals surface area contributed by atoms with Crippen molar-refractivity contribution in [3.63, 3.8) is 0 Å². The average Bonchev–Trinajstić information content (AvgIpc) is 2.49. The molecule has 0 heterocycles. The molecule has 2 rings (SSSR count). The van der Waals surface area contributed by atoms with Crippen LogP contribution in [0.15, 0.2) is 54.6 Å². The summed E-state index contributed by atoms with van der Waals surface area (Å²) in [5.41, 5.74) is 6.16. The van der Waals surface area contributed by atoms with Gasteiger partial charge in [0.2, 0.25) is 5.91 Å². The second-order valence-corrected chi connectivity index (χ2v) is 4.52. The van der Waals surface area contributed by atoms with Gasteiger partial charge in [-0.1, -0.05) is 18.2 Å². The van der Waals surface area contributed by atoms with Crippen molar-refractivity contribution >= 4 is 17.5 Å². The summed E-state index contributed by atoms with van der Waals surface area (Å²) in [6, 6.07) is 14.2. The number of nitrogens with two attached hydrogens (primary N) is 1. The van der Waals surface area contributed by atoms with Crippen molar-refractivity contribution < 1.29 is 14.0 Å². The summed E-state index contributed by atoms with van der Waals surface area (Å²) in [6.45, 7) is 0.176. The van der Waals surface area contributed by atoms with E-state index in [1.165, 1.54) is 29.2 Å². The maximum atomic E-state index is 12.9. The molecule has 2 aromatic rings. The SMILES string of the molecule is NC(=O)CCN(C(=O)c1ccc(F)cc1)c1ccccc1.